The van der Waals surface area contributed by atoms with Crippen LogP contribution in [0.15, 0.2) is 22.2 Å². The monoisotopic (exact) mass is 310 g/mol. The van der Waals surface area contributed by atoms with Gasteiger partial charge in [-0.15, -0.1) is 11.3 Å². The van der Waals surface area contributed by atoms with Gasteiger partial charge in [0.2, 0.25) is 0 Å². The van der Waals surface area contributed by atoms with Crippen molar-refractivity contribution in [1.82, 2.24) is 10.3 Å². The number of thiophene rings is 1. The number of unbranched alkanes of at least 4 members (excludes halogenated alkanes) is 3. The summed E-state index contributed by atoms with van der Waals surface area (Å²) in [4.78, 5) is 16.3. The molecule has 0 fully saturated rings. The first-order valence-electron chi connectivity index (χ1n) is 6.68. The Morgan fingerprint density at radius 1 is 1.25 bits per heavy atom. The second kappa shape index (κ2) is 8.14. The minimum atomic E-state index is -0.107. The van der Waals surface area contributed by atoms with Crippen molar-refractivity contribution < 1.29 is 9.90 Å². The first-order chi connectivity index (χ1) is 9.81. The van der Waals surface area contributed by atoms with Crippen LogP contribution in [-0.2, 0) is 0 Å². The largest absolute Gasteiger partial charge is 0.396 e. The number of hydrogen-bond donors (Lipinski definition) is 2. The number of aliphatic hydroxyl groups excluding tert-OH is 1. The Morgan fingerprint density at radius 3 is 2.85 bits per heavy atom. The third kappa shape index (κ3) is 4.40. The molecule has 2 N–H and O–H groups in total. The molecule has 0 radical (unpaired) electrons. The number of aliphatic hydroxyl groups is 1. The lowest BCUT2D eigenvalue weighted by Gasteiger charge is -2.02. The van der Waals surface area contributed by atoms with Crippen LogP contribution in [0.3, 0.4) is 0 Å². The smallest absolute Gasteiger partial charge is 0.270 e. The number of thiazole rings is 1. The molecular formula is C14H18N2O2S2. The van der Waals surface area contributed by atoms with E-state index in [1.165, 1.54) is 11.3 Å². The van der Waals surface area contributed by atoms with Gasteiger partial charge in [-0.1, -0.05) is 12.8 Å². The molecule has 0 bridgehead atoms. The molecule has 2 aromatic heterocycles. The Balaban J connectivity index is 1.76. The van der Waals surface area contributed by atoms with Gasteiger partial charge in [0.1, 0.15) is 10.7 Å². The highest BCUT2D eigenvalue weighted by Gasteiger charge is 2.11. The number of carbonyl (C=O) groups excluding carboxylic acids is 1. The lowest BCUT2D eigenvalue weighted by Crippen LogP contribution is -2.24. The van der Waals surface area contributed by atoms with Gasteiger partial charge in [0.15, 0.2) is 0 Å². The summed E-state index contributed by atoms with van der Waals surface area (Å²) in [7, 11) is 0. The van der Waals surface area contributed by atoms with E-state index in [2.05, 4.69) is 10.3 Å². The summed E-state index contributed by atoms with van der Waals surface area (Å²) in [5.74, 6) is -0.107. The van der Waals surface area contributed by atoms with Gasteiger partial charge in [-0.05, 0) is 24.3 Å². The maximum absolute atomic E-state index is 11.9. The predicted molar refractivity (Wildman–Crippen MR) is 83.3 cm³/mol. The number of carbonyl (C=O) groups is 1. The van der Waals surface area contributed by atoms with Gasteiger partial charge in [0.05, 0.1) is 0 Å². The third-order valence-corrected chi connectivity index (χ3v) is 4.45. The van der Waals surface area contributed by atoms with Crippen molar-refractivity contribution in [3.63, 3.8) is 0 Å². The molecule has 0 aliphatic carbocycles. The molecule has 0 aliphatic rings. The van der Waals surface area contributed by atoms with Crippen LogP contribution in [0.1, 0.15) is 36.2 Å². The Kier molecular flexibility index (Phi) is 6.17. The van der Waals surface area contributed by atoms with Crippen molar-refractivity contribution in [2.24, 2.45) is 0 Å². The number of amides is 1. The average Bonchev–Trinajstić information content (AvgIpc) is 3.12. The van der Waals surface area contributed by atoms with E-state index in [4.69, 9.17) is 5.11 Å². The van der Waals surface area contributed by atoms with Gasteiger partial charge < -0.3 is 10.4 Å². The van der Waals surface area contributed by atoms with Crippen LogP contribution in [-0.4, -0.2) is 29.1 Å². The molecule has 108 valence electrons. The van der Waals surface area contributed by atoms with E-state index in [0.717, 1.165) is 36.3 Å². The van der Waals surface area contributed by atoms with Crippen LogP contribution in [0.4, 0.5) is 0 Å². The Bertz CT molecular complexity index is 523. The molecule has 1 amide bonds. The predicted octanol–water partition coefficient (Wildman–Crippen LogP) is 3.15. The summed E-state index contributed by atoms with van der Waals surface area (Å²) in [5.41, 5.74) is 1.56. The Hall–Kier alpha value is -1.24. The van der Waals surface area contributed by atoms with Crippen molar-refractivity contribution in [1.29, 1.82) is 0 Å². The molecule has 4 nitrogen and oxygen atoms in total. The van der Waals surface area contributed by atoms with E-state index in [-0.39, 0.29) is 12.5 Å². The summed E-state index contributed by atoms with van der Waals surface area (Å²) in [6, 6.07) is 2.01. The number of hydrogen-bond acceptors (Lipinski definition) is 5. The van der Waals surface area contributed by atoms with Crippen LogP contribution in [0.5, 0.6) is 0 Å². The zero-order valence-electron chi connectivity index (χ0n) is 11.2. The fourth-order valence-corrected chi connectivity index (χ4v) is 3.29. The molecule has 0 aliphatic heterocycles. The molecule has 20 heavy (non-hydrogen) atoms. The van der Waals surface area contributed by atoms with Gasteiger partial charge >= 0.3 is 0 Å². The Morgan fingerprint density at radius 2 is 2.10 bits per heavy atom. The molecule has 0 unspecified atom stereocenters. The van der Waals surface area contributed by atoms with Gasteiger partial charge in [0.25, 0.3) is 5.91 Å². The number of nitrogens with zero attached hydrogens (tertiary/aromatic N) is 1. The van der Waals surface area contributed by atoms with Crippen molar-refractivity contribution in [2.75, 3.05) is 13.2 Å². The zero-order valence-corrected chi connectivity index (χ0v) is 12.8. The van der Waals surface area contributed by atoms with Crippen LogP contribution < -0.4 is 5.32 Å². The van der Waals surface area contributed by atoms with Crippen molar-refractivity contribution >= 4 is 28.6 Å². The van der Waals surface area contributed by atoms with E-state index in [0.29, 0.717) is 12.2 Å². The van der Waals surface area contributed by atoms with E-state index in [1.807, 2.05) is 16.8 Å². The SMILES string of the molecule is O=C(NCCCCCCO)c1csc(-c2ccsc2)n1. The molecule has 2 rings (SSSR count). The highest BCUT2D eigenvalue weighted by molar-refractivity contribution is 7.14. The topological polar surface area (TPSA) is 62.2 Å². The minimum Gasteiger partial charge on any atom is -0.396 e. The van der Waals surface area contributed by atoms with E-state index >= 15 is 0 Å². The van der Waals surface area contributed by atoms with Crippen molar-refractivity contribution in [2.45, 2.75) is 25.7 Å². The molecule has 0 aromatic carbocycles. The molecule has 2 aromatic rings. The molecule has 0 atom stereocenters. The lowest BCUT2D eigenvalue weighted by molar-refractivity contribution is 0.0948. The van der Waals surface area contributed by atoms with E-state index in [1.54, 1.807) is 16.7 Å². The first-order valence-corrected chi connectivity index (χ1v) is 8.50. The van der Waals surface area contributed by atoms with Crippen LogP contribution in [0.2, 0.25) is 0 Å². The summed E-state index contributed by atoms with van der Waals surface area (Å²) in [6.07, 6.45) is 3.81. The number of aromatic nitrogens is 1. The molecule has 0 saturated heterocycles. The number of rotatable bonds is 8. The summed E-state index contributed by atoms with van der Waals surface area (Å²) in [5, 5.41) is 18.3. The fraction of sp³-hybridized carbons (Fsp3) is 0.429. The molecular weight excluding hydrogens is 292 g/mol. The second-order valence-corrected chi connectivity index (χ2v) is 6.08. The Labute approximate surface area is 126 Å². The van der Waals surface area contributed by atoms with Crippen LogP contribution in [0.25, 0.3) is 10.6 Å². The average molecular weight is 310 g/mol. The molecule has 2 heterocycles. The highest BCUT2D eigenvalue weighted by atomic mass is 32.1. The third-order valence-electron chi connectivity index (χ3n) is 2.88. The second-order valence-electron chi connectivity index (χ2n) is 4.44. The molecule has 0 saturated carbocycles. The van der Waals surface area contributed by atoms with Gasteiger partial charge in [-0.2, -0.15) is 11.3 Å². The number of nitrogens with one attached hydrogen (secondary N) is 1. The maximum atomic E-state index is 11.9. The van der Waals surface area contributed by atoms with E-state index in [9.17, 15) is 4.79 Å². The first kappa shape index (κ1) is 15.2. The quantitative estimate of drug-likeness (QED) is 0.736. The summed E-state index contributed by atoms with van der Waals surface area (Å²) >= 11 is 3.12. The molecule has 6 heteroatoms. The standard InChI is InChI=1S/C14H18N2O2S2/c17-7-4-2-1-3-6-15-13(18)12-10-20-14(16-12)11-5-8-19-9-11/h5,8-10,17H,1-4,6-7H2,(H,15,18). The van der Waals surface area contributed by atoms with Gasteiger partial charge in [0, 0.05) is 29.5 Å². The van der Waals surface area contributed by atoms with E-state index < -0.39 is 0 Å². The van der Waals surface area contributed by atoms with Crippen molar-refractivity contribution in [3.05, 3.63) is 27.9 Å². The van der Waals surface area contributed by atoms with Crippen LogP contribution in [0, 0.1) is 0 Å². The zero-order chi connectivity index (χ0) is 14.2. The minimum absolute atomic E-state index is 0.107. The fourth-order valence-electron chi connectivity index (χ4n) is 1.78. The van der Waals surface area contributed by atoms with Gasteiger partial charge in [-0.3, -0.25) is 4.79 Å². The maximum Gasteiger partial charge on any atom is 0.270 e. The normalized spacial score (nSPS) is 10.7. The molecule has 0 spiro atoms. The summed E-state index contributed by atoms with van der Waals surface area (Å²) < 4.78 is 0. The highest BCUT2D eigenvalue weighted by Crippen LogP contribution is 2.25. The van der Waals surface area contributed by atoms with Gasteiger partial charge in [-0.25, -0.2) is 4.98 Å². The van der Waals surface area contributed by atoms with Crippen LogP contribution >= 0.6 is 22.7 Å². The summed E-state index contributed by atoms with van der Waals surface area (Å²) in [6.45, 7) is 0.909. The lowest BCUT2D eigenvalue weighted by atomic mass is 10.2. The van der Waals surface area contributed by atoms with Crippen molar-refractivity contribution in [3.8, 4) is 10.6 Å².